The van der Waals surface area contributed by atoms with E-state index in [1.807, 2.05) is 4.90 Å². The second-order valence-corrected chi connectivity index (χ2v) is 8.75. The van der Waals surface area contributed by atoms with Gasteiger partial charge in [0, 0.05) is 19.1 Å². The first-order valence-electron chi connectivity index (χ1n) is 10.6. The number of alkyl halides is 3. The van der Waals surface area contributed by atoms with Crippen LogP contribution in [0.1, 0.15) is 37.8 Å². The topological polar surface area (TPSA) is 154 Å². The molecule has 0 bridgehead atoms. The zero-order valence-corrected chi connectivity index (χ0v) is 19.2. The molecule has 1 aliphatic heterocycles. The summed E-state index contributed by atoms with van der Waals surface area (Å²) in [7, 11) is 0. The van der Waals surface area contributed by atoms with Crippen LogP contribution in [-0.2, 0) is 22.3 Å². The summed E-state index contributed by atoms with van der Waals surface area (Å²) in [5.74, 6) is -4.44. The molecule has 0 spiro atoms. The third-order valence-corrected chi connectivity index (χ3v) is 5.28. The summed E-state index contributed by atoms with van der Waals surface area (Å²) in [6, 6.07) is 5.11. The Morgan fingerprint density at radius 2 is 1.66 bits per heavy atom. The Balaban J connectivity index is 0.000000518. The first kappa shape index (κ1) is 30.2. The van der Waals surface area contributed by atoms with Crippen molar-refractivity contribution in [1.82, 2.24) is 10.2 Å². The maximum Gasteiger partial charge on any atom is 0.416 e. The van der Waals surface area contributed by atoms with Gasteiger partial charge in [-0.1, -0.05) is 6.07 Å². The van der Waals surface area contributed by atoms with Gasteiger partial charge in [-0.25, -0.2) is 14.0 Å². The van der Waals surface area contributed by atoms with Crippen molar-refractivity contribution in [2.75, 3.05) is 19.6 Å². The first-order valence-corrected chi connectivity index (χ1v) is 10.6. The lowest BCUT2D eigenvalue weighted by molar-refractivity contribution is -0.165. The molecule has 9 nitrogen and oxygen atoms in total. The molecule has 0 aliphatic carbocycles. The molecule has 1 aromatic rings. The molecule has 2 atom stereocenters. The number of carbonyl (C=O) groups is 2. The number of nitrogens with one attached hydrogen (secondary N) is 1. The second kappa shape index (κ2) is 12.8. The monoisotopic (exact) mass is 507 g/mol. The molecular formula is C22H29F4N3O6. The minimum Gasteiger partial charge on any atom is -0.479 e. The Morgan fingerprint density at radius 1 is 1.14 bits per heavy atom. The van der Waals surface area contributed by atoms with Crippen LogP contribution < -0.4 is 5.32 Å². The number of nitrogens with zero attached hydrogens (tertiary/aromatic N) is 2. The highest BCUT2D eigenvalue weighted by Gasteiger charge is 2.36. The molecular weight excluding hydrogens is 478 g/mol. The standard InChI is InChI=1S/C18H23F4N3.C4H6O6/c1-17(2,11-23)12-25(15-5-7-24-8-6-15)10-13-3-4-14(19)9-16(13)18(20,21)22;5-1(3(7)8)2(6)4(9)10/h3-4,9,15,24H,5-8,10,12H2,1-2H3;1-2,5-6H,(H,7,8)(H,9,10). The number of carboxylic acid groups (broad SMARTS) is 2. The number of hydrogen-bond donors (Lipinski definition) is 5. The van der Waals surface area contributed by atoms with Crippen LogP contribution in [0.2, 0.25) is 0 Å². The van der Waals surface area contributed by atoms with Crippen molar-refractivity contribution in [3.63, 3.8) is 0 Å². The number of halogens is 4. The fourth-order valence-corrected chi connectivity index (χ4v) is 3.47. The van der Waals surface area contributed by atoms with Gasteiger partial charge >= 0.3 is 18.1 Å². The second-order valence-electron chi connectivity index (χ2n) is 8.75. The van der Waals surface area contributed by atoms with Gasteiger partial charge in [0.2, 0.25) is 0 Å². The number of aliphatic hydroxyl groups excluding tert-OH is 2. The number of rotatable bonds is 8. The van der Waals surface area contributed by atoms with Gasteiger partial charge < -0.3 is 25.7 Å². The predicted molar refractivity (Wildman–Crippen MR) is 114 cm³/mol. The summed E-state index contributed by atoms with van der Waals surface area (Å²) in [6.07, 6.45) is -7.52. The summed E-state index contributed by atoms with van der Waals surface area (Å²) in [4.78, 5) is 21.5. The number of aliphatic hydroxyl groups is 2. The van der Waals surface area contributed by atoms with E-state index in [2.05, 4.69) is 11.4 Å². The molecule has 1 aliphatic rings. The van der Waals surface area contributed by atoms with Crippen molar-refractivity contribution in [2.45, 2.75) is 57.7 Å². The Labute approximate surface area is 199 Å². The number of carboxylic acids is 2. The largest absolute Gasteiger partial charge is 0.479 e. The Kier molecular flexibility index (Phi) is 11.0. The van der Waals surface area contributed by atoms with Gasteiger partial charge in [0.1, 0.15) is 5.82 Å². The average Bonchev–Trinajstić information content (AvgIpc) is 2.78. The van der Waals surface area contributed by atoms with E-state index in [0.717, 1.165) is 32.0 Å². The lowest BCUT2D eigenvalue weighted by Gasteiger charge is -2.38. The fraction of sp³-hybridized carbons (Fsp3) is 0.591. The van der Waals surface area contributed by atoms with Crippen LogP contribution in [0.3, 0.4) is 0 Å². The summed E-state index contributed by atoms with van der Waals surface area (Å²) in [5.41, 5.74) is -1.58. The van der Waals surface area contributed by atoms with Gasteiger partial charge in [0.25, 0.3) is 0 Å². The maximum atomic E-state index is 13.3. The molecule has 1 aromatic carbocycles. The molecule has 13 heteroatoms. The van der Waals surface area contributed by atoms with Gasteiger partial charge in [-0.3, -0.25) is 4.90 Å². The zero-order valence-electron chi connectivity index (χ0n) is 19.2. The number of piperidine rings is 1. The van der Waals surface area contributed by atoms with Crippen LogP contribution in [0.5, 0.6) is 0 Å². The SMILES string of the molecule is CC(C)(C#N)CN(Cc1ccc(F)cc1C(F)(F)F)C1CCNCC1.O=C(O)C(O)C(O)C(=O)O. The summed E-state index contributed by atoms with van der Waals surface area (Å²) in [6.45, 7) is 5.55. The van der Waals surface area contributed by atoms with Gasteiger partial charge in [-0.2, -0.15) is 18.4 Å². The predicted octanol–water partition coefficient (Wildman–Crippen LogP) is 1.83. The molecule has 196 valence electrons. The third-order valence-electron chi connectivity index (χ3n) is 5.28. The normalized spacial score (nSPS) is 16.6. The molecule has 5 N–H and O–H groups in total. The average molecular weight is 507 g/mol. The van der Waals surface area contributed by atoms with E-state index in [0.29, 0.717) is 12.6 Å². The van der Waals surface area contributed by atoms with Gasteiger partial charge in [-0.05, 0) is 57.5 Å². The third kappa shape index (κ3) is 9.77. The highest BCUT2D eigenvalue weighted by Crippen LogP contribution is 2.34. The highest BCUT2D eigenvalue weighted by molar-refractivity contribution is 5.83. The number of nitriles is 1. The summed E-state index contributed by atoms with van der Waals surface area (Å²) >= 11 is 0. The molecule has 1 heterocycles. The van der Waals surface area contributed by atoms with Gasteiger partial charge in [-0.15, -0.1) is 0 Å². The van der Waals surface area contributed by atoms with E-state index < -0.39 is 47.1 Å². The summed E-state index contributed by atoms with van der Waals surface area (Å²) < 4.78 is 53.2. The molecule has 0 aromatic heterocycles. The molecule has 2 unspecified atom stereocenters. The van der Waals surface area contributed by atoms with Gasteiger partial charge in [0.05, 0.1) is 17.0 Å². The van der Waals surface area contributed by atoms with E-state index in [1.54, 1.807) is 13.8 Å². The molecule has 0 saturated carbocycles. The van der Waals surface area contributed by atoms with Crippen molar-refractivity contribution >= 4 is 11.9 Å². The van der Waals surface area contributed by atoms with E-state index in [-0.39, 0.29) is 18.2 Å². The van der Waals surface area contributed by atoms with Crippen LogP contribution in [0.4, 0.5) is 17.6 Å². The van der Waals surface area contributed by atoms with E-state index >= 15 is 0 Å². The van der Waals surface area contributed by atoms with Crippen molar-refractivity contribution < 1.29 is 47.6 Å². The van der Waals surface area contributed by atoms with Crippen LogP contribution in [0.25, 0.3) is 0 Å². The smallest absolute Gasteiger partial charge is 0.416 e. The van der Waals surface area contributed by atoms with Crippen molar-refractivity contribution in [1.29, 1.82) is 5.26 Å². The van der Waals surface area contributed by atoms with E-state index in [4.69, 9.17) is 20.4 Å². The number of benzene rings is 1. The zero-order chi connectivity index (χ0) is 27.0. The molecule has 1 saturated heterocycles. The van der Waals surface area contributed by atoms with Crippen LogP contribution in [-0.4, -0.2) is 75.1 Å². The molecule has 35 heavy (non-hydrogen) atoms. The number of aliphatic carboxylic acids is 2. The Hall–Kier alpha value is -2.79. The fourth-order valence-electron chi connectivity index (χ4n) is 3.47. The van der Waals surface area contributed by atoms with Crippen LogP contribution in [0.15, 0.2) is 18.2 Å². The minimum absolute atomic E-state index is 0.0428. The Morgan fingerprint density at radius 3 is 2.09 bits per heavy atom. The Bertz CT molecular complexity index is 895. The lowest BCUT2D eigenvalue weighted by atomic mass is 9.92. The van der Waals surface area contributed by atoms with Crippen LogP contribution in [0, 0.1) is 22.6 Å². The molecule has 2 rings (SSSR count). The quantitative estimate of drug-likeness (QED) is 0.332. The maximum absolute atomic E-state index is 13.3. The molecule has 0 amide bonds. The first-order chi connectivity index (χ1) is 16.1. The van der Waals surface area contributed by atoms with E-state index in [1.165, 1.54) is 6.07 Å². The van der Waals surface area contributed by atoms with Crippen molar-refractivity contribution in [3.05, 3.63) is 35.1 Å². The number of hydrogen-bond acceptors (Lipinski definition) is 7. The van der Waals surface area contributed by atoms with Crippen LogP contribution >= 0.6 is 0 Å². The summed E-state index contributed by atoms with van der Waals surface area (Å²) in [5, 5.41) is 45.1. The molecule has 0 radical (unpaired) electrons. The highest BCUT2D eigenvalue weighted by atomic mass is 19.4. The van der Waals surface area contributed by atoms with Crippen molar-refractivity contribution in [3.8, 4) is 6.07 Å². The minimum atomic E-state index is -4.61. The van der Waals surface area contributed by atoms with E-state index in [9.17, 15) is 32.4 Å². The lowest BCUT2D eigenvalue weighted by Crippen LogP contribution is -2.46. The van der Waals surface area contributed by atoms with Crippen molar-refractivity contribution in [2.24, 2.45) is 5.41 Å². The van der Waals surface area contributed by atoms with Gasteiger partial charge in [0.15, 0.2) is 12.2 Å². The molecule has 1 fully saturated rings.